The summed E-state index contributed by atoms with van der Waals surface area (Å²) in [5, 5.41) is 3.20. The Kier molecular flexibility index (Phi) is 6.53. The molecule has 0 fully saturated rings. The zero-order valence-electron chi connectivity index (χ0n) is 12.4. The maximum atomic E-state index is 12.7. The van der Waals surface area contributed by atoms with E-state index in [1.54, 1.807) is 6.07 Å². The topological polar surface area (TPSA) is 12.0 Å². The minimum Gasteiger partial charge on any atom is -0.317 e. The van der Waals surface area contributed by atoms with Gasteiger partial charge in [0.1, 0.15) is 0 Å². The summed E-state index contributed by atoms with van der Waals surface area (Å²) in [6.07, 6.45) is -0.380. The van der Waals surface area contributed by atoms with Crippen LogP contribution in [0.3, 0.4) is 0 Å². The highest BCUT2D eigenvalue weighted by Gasteiger charge is 2.30. The van der Waals surface area contributed by atoms with Crippen LogP contribution in [0.15, 0.2) is 24.3 Å². The zero-order chi connectivity index (χ0) is 15.2. The van der Waals surface area contributed by atoms with Crippen LogP contribution >= 0.6 is 0 Å². The Hall–Kier alpha value is -1.03. The third-order valence-electron chi connectivity index (χ3n) is 3.48. The van der Waals surface area contributed by atoms with Crippen LogP contribution < -0.4 is 5.32 Å². The molecule has 0 aliphatic carbocycles. The van der Waals surface area contributed by atoms with Crippen molar-refractivity contribution in [2.75, 3.05) is 7.05 Å². The quantitative estimate of drug-likeness (QED) is 0.769. The molecule has 1 aromatic rings. The number of hydrogen-bond donors (Lipinski definition) is 1. The van der Waals surface area contributed by atoms with Crippen LogP contribution in [0.25, 0.3) is 0 Å². The first-order valence-electron chi connectivity index (χ1n) is 7.16. The van der Waals surface area contributed by atoms with Crippen LogP contribution in [0.4, 0.5) is 13.2 Å². The van der Waals surface area contributed by atoms with E-state index in [0.717, 1.165) is 30.9 Å². The lowest BCUT2D eigenvalue weighted by Gasteiger charge is -2.17. The minimum atomic E-state index is -4.26. The number of likely N-dealkylation sites (N-methyl/N-ethyl adjacent to an activating group) is 1. The Morgan fingerprint density at radius 3 is 2.40 bits per heavy atom. The summed E-state index contributed by atoms with van der Waals surface area (Å²) in [4.78, 5) is 0. The van der Waals surface area contributed by atoms with Crippen LogP contribution in [-0.2, 0) is 12.6 Å². The standard InChI is InChI=1S/C16H24F3N/c1-12(2)6-4-9-15(20-3)11-13-7-5-8-14(10-13)16(17,18)19/h5,7-8,10,12,15,20H,4,6,9,11H2,1-3H3. The van der Waals surface area contributed by atoms with Gasteiger partial charge in [0.05, 0.1) is 5.56 Å². The van der Waals surface area contributed by atoms with Crippen LogP contribution in [0.5, 0.6) is 0 Å². The number of hydrogen-bond acceptors (Lipinski definition) is 1. The van der Waals surface area contributed by atoms with Crippen molar-refractivity contribution >= 4 is 0 Å². The van der Waals surface area contributed by atoms with E-state index in [1.807, 2.05) is 7.05 Å². The van der Waals surface area contributed by atoms with Gasteiger partial charge in [-0.25, -0.2) is 0 Å². The van der Waals surface area contributed by atoms with E-state index in [4.69, 9.17) is 0 Å². The first-order chi connectivity index (χ1) is 9.32. The molecular formula is C16H24F3N. The number of nitrogens with one attached hydrogen (secondary N) is 1. The lowest BCUT2D eigenvalue weighted by Crippen LogP contribution is -2.27. The fourth-order valence-corrected chi connectivity index (χ4v) is 2.28. The highest BCUT2D eigenvalue weighted by molar-refractivity contribution is 5.26. The Morgan fingerprint density at radius 2 is 1.85 bits per heavy atom. The molecule has 1 atom stereocenters. The third-order valence-corrected chi connectivity index (χ3v) is 3.48. The van der Waals surface area contributed by atoms with E-state index in [1.165, 1.54) is 12.1 Å². The van der Waals surface area contributed by atoms with Gasteiger partial charge in [-0.1, -0.05) is 44.9 Å². The summed E-state index contributed by atoms with van der Waals surface area (Å²) in [7, 11) is 1.87. The molecule has 4 heteroatoms. The molecule has 0 saturated carbocycles. The molecule has 0 aliphatic heterocycles. The first kappa shape index (κ1) is 17.0. The van der Waals surface area contributed by atoms with Gasteiger partial charge in [-0.15, -0.1) is 0 Å². The molecule has 0 aliphatic rings. The zero-order valence-corrected chi connectivity index (χ0v) is 12.4. The predicted molar refractivity (Wildman–Crippen MR) is 76.7 cm³/mol. The van der Waals surface area contributed by atoms with Gasteiger partial charge in [-0.05, 0) is 37.4 Å². The van der Waals surface area contributed by atoms with Gasteiger partial charge < -0.3 is 5.32 Å². The fourth-order valence-electron chi connectivity index (χ4n) is 2.28. The van der Waals surface area contributed by atoms with E-state index >= 15 is 0 Å². The van der Waals surface area contributed by atoms with Crippen molar-refractivity contribution in [1.29, 1.82) is 0 Å². The van der Waals surface area contributed by atoms with E-state index < -0.39 is 11.7 Å². The summed E-state index contributed by atoms with van der Waals surface area (Å²) < 4.78 is 38.0. The van der Waals surface area contributed by atoms with Crippen molar-refractivity contribution in [3.63, 3.8) is 0 Å². The van der Waals surface area contributed by atoms with Crippen LogP contribution in [0, 0.1) is 5.92 Å². The molecule has 0 aromatic heterocycles. The second-order valence-electron chi connectivity index (χ2n) is 5.71. The predicted octanol–water partition coefficient (Wildman–Crippen LogP) is 4.66. The molecule has 1 rings (SSSR count). The molecule has 0 saturated heterocycles. The molecule has 20 heavy (non-hydrogen) atoms. The molecule has 0 amide bonds. The molecular weight excluding hydrogens is 263 g/mol. The highest BCUT2D eigenvalue weighted by Crippen LogP contribution is 2.29. The Labute approximate surface area is 119 Å². The summed E-state index contributed by atoms with van der Waals surface area (Å²) in [5.41, 5.74) is 0.177. The van der Waals surface area contributed by atoms with Gasteiger partial charge in [0.15, 0.2) is 0 Å². The van der Waals surface area contributed by atoms with Crippen LogP contribution in [0.1, 0.15) is 44.2 Å². The van der Waals surface area contributed by atoms with Crippen molar-refractivity contribution in [3.8, 4) is 0 Å². The van der Waals surface area contributed by atoms with Crippen molar-refractivity contribution < 1.29 is 13.2 Å². The first-order valence-corrected chi connectivity index (χ1v) is 7.16. The molecule has 0 heterocycles. The largest absolute Gasteiger partial charge is 0.416 e. The average Bonchev–Trinajstić information content (AvgIpc) is 2.36. The van der Waals surface area contributed by atoms with Crippen molar-refractivity contribution in [3.05, 3.63) is 35.4 Å². The molecule has 1 unspecified atom stereocenters. The highest BCUT2D eigenvalue weighted by atomic mass is 19.4. The fraction of sp³-hybridized carbons (Fsp3) is 0.625. The summed E-state index contributed by atoms with van der Waals surface area (Å²) in [6.45, 7) is 4.36. The summed E-state index contributed by atoms with van der Waals surface area (Å²) >= 11 is 0. The SMILES string of the molecule is CNC(CCCC(C)C)Cc1cccc(C(F)(F)F)c1. The lowest BCUT2D eigenvalue weighted by molar-refractivity contribution is -0.137. The molecule has 0 spiro atoms. The second-order valence-corrected chi connectivity index (χ2v) is 5.71. The average molecular weight is 287 g/mol. The normalized spacial score (nSPS) is 13.8. The number of benzene rings is 1. The second kappa shape index (κ2) is 7.67. The number of halogens is 3. The minimum absolute atomic E-state index is 0.234. The summed E-state index contributed by atoms with van der Waals surface area (Å²) in [5.74, 6) is 0.668. The van der Waals surface area contributed by atoms with Gasteiger partial charge in [-0.2, -0.15) is 13.2 Å². The van der Waals surface area contributed by atoms with Crippen LogP contribution in [0.2, 0.25) is 0 Å². The van der Waals surface area contributed by atoms with E-state index in [-0.39, 0.29) is 6.04 Å². The van der Waals surface area contributed by atoms with Crippen LogP contribution in [-0.4, -0.2) is 13.1 Å². The van der Waals surface area contributed by atoms with Gasteiger partial charge >= 0.3 is 6.18 Å². The summed E-state index contributed by atoms with van der Waals surface area (Å²) in [6, 6.07) is 5.86. The van der Waals surface area contributed by atoms with E-state index in [0.29, 0.717) is 12.3 Å². The van der Waals surface area contributed by atoms with Crippen molar-refractivity contribution in [2.45, 2.75) is 51.7 Å². The molecule has 0 radical (unpaired) electrons. The lowest BCUT2D eigenvalue weighted by atomic mass is 9.97. The Morgan fingerprint density at radius 1 is 1.15 bits per heavy atom. The molecule has 1 N–H and O–H groups in total. The third kappa shape index (κ3) is 5.95. The van der Waals surface area contributed by atoms with E-state index in [9.17, 15) is 13.2 Å². The van der Waals surface area contributed by atoms with Gasteiger partial charge in [0.2, 0.25) is 0 Å². The monoisotopic (exact) mass is 287 g/mol. The molecule has 114 valence electrons. The van der Waals surface area contributed by atoms with Gasteiger partial charge in [0.25, 0.3) is 0 Å². The maximum Gasteiger partial charge on any atom is 0.416 e. The molecule has 1 nitrogen and oxygen atoms in total. The Balaban J connectivity index is 2.61. The van der Waals surface area contributed by atoms with Crippen molar-refractivity contribution in [2.24, 2.45) is 5.92 Å². The number of rotatable bonds is 7. The molecule has 1 aromatic carbocycles. The molecule has 0 bridgehead atoms. The van der Waals surface area contributed by atoms with Gasteiger partial charge in [-0.3, -0.25) is 0 Å². The smallest absolute Gasteiger partial charge is 0.317 e. The van der Waals surface area contributed by atoms with Crippen molar-refractivity contribution in [1.82, 2.24) is 5.32 Å². The van der Waals surface area contributed by atoms with E-state index in [2.05, 4.69) is 19.2 Å². The Bertz CT molecular complexity index is 399. The van der Waals surface area contributed by atoms with Gasteiger partial charge in [0, 0.05) is 6.04 Å². The maximum absolute atomic E-state index is 12.7. The number of alkyl halides is 3.